The first-order valence-electron chi connectivity index (χ1n) is 10.6. The van der Waals surface area contributed by atoms with Gasteiger partial charge in [-0.05, 0) is 55.2 Å². The summed E-state index contributed by atoms with van der Waals surface area (Å²) >= 11 is 0. The van der Waals surface area contributed by atoms with Gasteiger partial charge in [-0.2, -0.15) is 0 Å². The summed E-state index contributed by atoms with van der Waals surface area (Å²) in [6, 6.07) is 13.0. The van der Waals surface area contributed by atoms with Gasteiger partial charge < -0.3 is 19.7 Å². The summed E-state index contributed by atoms with van der Waals surface area (Å²) in [6.45, 7) is 4.26. The molecule has 1 atom stereocenters. The summed E-state index contributed by atoms with van der Waals surface area (Å²) in [5, 5.41) is 3.45. The molecule has 0 radical (unpaired) electrons. The molecule has 0 unspecified atom stereocenters. The summed E-state index contributed by atoms with van der Waals surface area (Å²) in [5.41, 5.74) is 2.59. The number of ether oxygens (including phenoxy) is 2. The Kier molecular flexibility index (Phi) is 7.98. The molecule has 174 valence electrons. The van der Waals surface area contributed by atoms with Crippen molar-refractivity contribution in [1.29, 1.82) is 0 Å². The van der Waals surface area contributed by atoms with Crippen molar-refractivity contribution in [2.75, 3.05) is 37.8 Å². The number of carbonyl (C=O) groups is 1. The predicted octanol–water partition coefficient (Wildman–Crippen LogP) is 2.92. The lowest BCUT2D eigenvalue weighted by atomic mass is 10.1. The Morgan fingerprint density at radius 1 is 1.09 bits per heavy atom. The fourth-order valence-electron chi connectivity index (χ4n) is 3.58. The van der Waals surface area contributed by atoms with E-state index in [0.29, 0.717) is 23.7 Å². The highest BCUT2D eigenvalue weighted by molar-refractivity contribution is 7.92. The van der Waals surface area contributed by atoms with Gasteiger partial charge in [-0.3, -0.25) is 9.52 Å². The van der Waals surface area contributed by atoms with Crippen molar-refractivity contribution in [1.82, 2.24) is 10.2 Å². The van der Waals surface area contributed by atoms with Gasteiger partial charge in [-0.1, -0.05) is 18.2 Å². The standard InChI is InChI=1S/C23H31N3O5S/c1-17(19-7-9-20(10-8-19)25-32(3,28)29)24-15-18-6-11-21(22(14-18)30-2)31-16-23(27)26-12-4-5-13-26/h6-11,14,17,24-25H,4-5,12-13,15-16H2,1-3H3/t17-/m0/s1. The molecule has 1 heterocycles. The van der Waals surface area contributed by atoms with E-state index in [1.54, 1.807) is 19.2 Å². The van der Waals surface area contributed by atoms with Gasteiger partial charge in [0.2, 0.25) is 10.0 Å². The van der Waals surface area contributed by atoms with E-state index in [1.165, 1.54) is 0 Å². The molecule has 2 aromatic carbocycles. The van der Waals surface area contributed by atoms with Crippen LogP contribution in [-0.2, 0) is 21.4 Å². The molecule has 1 amide bonds. The van der Waals surface area contributed by atoms with E-state index in [-0.39, 0.29) is 18.6 Å². The number of anilines is 1. The van der Waals surface area contributed by atoms with E-state index in [0.717, 1.165) is 43.3 Å². The number of sulfonamides is 1. The van der Waals surface area contributed by atoms with E-state index in [2.05, 4.69) is 10.0 Å². The van der Waals surface area contributed by atoms with E-state index in [1.807, 2.05) is 42.2 Å². The first-order valence-corrected chi connectivity index (χ1v) is 12.5. The SMILES string of the molecule is COc1cc(CN[C@@H](C)c2ccc(NS(C)(=O)=O)cc2)ccc1OCC(=O)N1CCCC1. The van der Waals surface area contributed by atoms with Crippen LogP contribution >= 0.6 is 0 Å². The molecule has 2 N–H and O–H groups in total. The number of carbonyl (C=O) groups excluding carboxylic acids is 1. The van der Waals surface area contributed by atoms with Crippen LogP contribution in [0, 0.1) is 0 Å². The van der Waals surface area contributed by atoms with Crippen molar-refractivity contribution in [2.24, 2.45) is 0 Å². The van der Waals surface area contributed by atoms with E-state index in [9.17, 15) is 13.2 Å². The lowest BCUT2D eigenvalue weighted by Crippen LogP contribution is -2.32. The second kappa shape index (κ2) is 10.7. The topological polar surface area (TPSA) is 97.0 Å². The fourth-order valence-corrected chi connectivity index (χ4v) is 4.15. The van der Waals surface area contributed by atoms with Crippen LogP contribution in [0.15, 0.2) is 42.5 Å². The lowest BCUT2D eigenvalue weighted by molar-refractivity contribution is -0.132. The zero-order valence-electron chi connectivity index (χ0n) is 18.8. The molecular formula is C23H31N3O5S. The number of nitrogens with one attached hydrogen (secondary N) is 2. The summed E-state index contributed by atoms with van der Waals surface area (Å²) in [5.74, 6) is 1.13. The highest BCUT2D eigenvalue weighted by Crippen LogP contribution is 2.28. The third kappa shape index (κ3) is 6.86. The molecular weight excluding hydrogens is 430 g/mol. The quantitative estimate of drug-likeness (QED) is 0.565. The summed E-state index contributed by atoms with van der Waals surface area (Å²) < 4.78 is 36.3. The molecule has 0 aromatic heterocycles. The van der Waals surface area contributed by atoms with Crippen LogP contribution in [-0.4, -0.2) is 52.3 Å². The number of methoxy groups -OCH3 is 1. The Balaban J connectivity index is 1.54. The minimum atomic E-state index is -3.29. The Morgan fingerprint density at radius 3 is 2.41 bits per heavy atom. The molecule has 2 aromatic rings. The first kappa shape index (κ1) is 23.9. The molecule has 0 saturated carbocycles. The zero-order chi connectivity index (χ0) is 23.1. The fraction of sp³-hybridized carbons (Fsp3) is 0.435. The zero-order valence-corrected chi connectivity index (χ0v) is 19.6. The summed E-state index contributed by atoms with van der Waals surface area (Å²) in [7, 11) is -1.71. The van der Waals surface area contributed by atoms with Crippen LogP contribution in [0.2, 0.25) is 0 Å². The molecule has 1 aliphatic heterocycles. The molecule has 0 aliphatic carbocycles. The Morgan fingerprint density at radius 2 is 1.78 bits per heavy atom. The minimum Gasteiger partial charge on any atom is -0.493 e. The first-order chi connectivity index (χ1) is 15.2. The second-order valence-electron chi connectivity index (χ2n) is 7.96. The van der Waals surface area contributed by atoms with Crippen LogP contribution in [0.1, 0.15) is 36.9 Å². The van der Waals surface area contributed by atoms with Gasteiger partial charge in [-0.25, -0.2) is 8.42 Å². The van der Waals surface area contributed by atoms with Crippen LogP contribution in [0.25, 0.3) is 0 Å². The minimum absolute atomic E-state index is 0.00174. The number of nitrogens with zero attached hydrogens (tertiary/aromatic N) is 1. The summed E-state index contributed by atoms with van der Waals surface area (Å²) in [4.78, 5) is 14.0. The maximum Gasteiger partial charge on any atom is 0.260 e. The van der Waals surface area contributed by atoms with Crippen LogP contribution in [0.3, 0.4) is 0 Å². The number of amides is 1. The van der Waals surface area contributed by atoms with Gasteiger partial charge >= 0.3 is 0 Å². The molecule has 8 nitrogen and oxygen atoms in total. The molecule has 0 spiro atoms. The maximum atomic E-state index is 12.2. The Labute approximate surface area is 190 Å². The molecule has 3 rings (SSSR count). The highest BCUT2D eigenvalue weighted by Gasteiger charge is 2.19. The van der Waals surface area contributed by atoms with Gasteiger partial charge in [-0.15, -0.1) is 0 Å². The monoisotopic (exact) mass is 461 g/mol. The van der Waals surface area contributed by atoms with Crippen LogP contribution in [0.5, 0.6) is 11.5 Å². The molecule has 32 heavy (non-hydrogen) atoms. The third-order valence-corrected chi connectivity index (χ3v) is 5.97. The molecule has 1 aliphatic rings. The number of likely N-dealkylation sites (tertiary alicyclic amines) is 1. The van der Waals surface area contributed by atoms with Crippen molar-refractivity contribution >= 4 is 21.6 Å². The molecule has 9 heteroatoms. The van der Waals surface area contributed by atoms with Gasteiger partial charge in [0, 0.05) is 31.4 Å². The van der Waals surface area contributed by atoms with Gasteiger partial charge in [0.1, 0.15) is 0 Å². The van der Waals surface area contributed by atoms with Crippen molar-refractivity contribution in [3.05, 3.63) is 53.6 Å². The maximum absolute atomic E-state index is 12.2. The lowest BCUT2D eigenvalue weighted by Gasteiger charge is -2.18. The van der Waals surface area contributed by atoms with Crippen LogP contribution < -0.4 is 19.5 Å². The van der Waals surface area contributed by atoms with Crippen molar-refractivity contribution in [2.45, 2.75) is 32.4 Å². The number of hydrogen-bond donors (Lipinski definition) is 2. The van der Waals surface area contributed by atoms with Gasteiger partial charge in [0.25, 0.3) is 5.91 Å². The highest BCUT2D eigenvalue weighted by atomic mass is 32.2. The predicted molar refractivity (Wildman–Crippen MR) is 124 cm³/mol. The van der Waals surface area contributed by atoms with Crippen molar-refractivity contribution < 1.29 is 22.7 Å². The van der Waals surface area contributed by atoms with Crippen molar-refractivity contribution in [3.63, 3.8) is 0 Å². The van der Waals surface area contributed by atoms with Gasteiger partial charge in [0.05, 0.1) is 13.4 Å². The molecule has 1 fully saturated rings. The van der Waals surface area contributed by atoms with Crippen molar-refractivity contribution in [3.8, 4) is 11.5 Å². The largest absolute Gasteiger partial charge is 0.493 e. The normalized spacial score (nSPS) is 14.8. The van der Waals surface area contributed by atoms with E-state index >= 15 is 0 Å². The van der Waals surface area contributed by atoms with Crippen LogP contribution in [0.4, 0.5) is 5.69 Å². The van der Waals surface area contributed by atoms with E-state index < -0.39 is 10.0 Å². The summed E-state index contributed by atoms with van der Waals surface area (Å²) in [6.07, 6.45) is 3.23. The molecule has 1 saturated heterocycles. The average Bonchev–Trinajstić information content (AvgIpc) is 3.30. The molecule has 0 bridgehead atoms. The number of rotatable bonds is 10. The Bertz CT molecular complexity index is 1020. The number of hydrogen-bond acceptors (Lipinski definition) is 6. The van der Waals surface area contributed by atoms with Gasteiger partial charge in [0.15, 0.2) is 18.1 Å². The second-order valence-corrected chi connectivity index (χ2v) is 9.71. The smallest absolute Gasteiger partial charge is 0.260 e. The third-order valence-electron chi connectivity index (χ3n) is 5.36. The average molecular weight is 462 g/mol. The number of benzene rings is 2. The Hall–Kier alpha value is -2.78. The van der Waals surface area contributed by atoms with E-state index in [4.69, 9.17) is 9.47 Å².